The highest BCUT2D eigenvalue weighted by Gasteiger charge is 2.12. The van der Waals surface area contributed by atoms with Crippen LogP contribution in [-0.2, 0) is 11.3 Å². The van der Waals surface area contributed by atoms with E-state index >= 15 is 0 Å². The summed E-state index contributed by atoms with van der Waals surface area (Å²) < 4.78 is 16.4. The van der Waals surface area contributed by atoms with Crippen LogP contribution in [0.5, 0.6) is 11.5 Å². The third-order valence-electron chi connectivity index (χ3n) is 3.90. The van der Waals surface area contributed by atoms with Crippen molar-refractivity contribution < 1.29 is 19.3 Å². The monoisotopic (exact) mass is 308 g/mol. The molecule has 0 aliphatic carbocycles. The first-order valence-corrected chi connectivity index (χ1v) is 8.47. The van der Waals surface area contributed by atoms with Gasteiger partial charge in [-0.1, -0.05) is 44.6 Å². The average Bonchev–Trinajstić information content (AvgIpc) is 3.00. The van der Waals surface area contributed by atoms with Crippen molar-refractivity contribution in [2.75, 3.05) is 20.0 Å². The predicted molar refractivity (Wildman–Crippen MR) is 86.2 cm³/mol. The standard InChI is InChI=1S/C18H28O4/c19-11-7-5-3-1-2-4-6-8-12-20-14-16-9-10-17-18(13-16)22-15-21-17/h9-10,13,19H,1-8,11-12,14-15H2. The molecule has 0 fully saturated rings. The van der Waals surface area contributed by atoms with E-state index < -0.39 is 0 Å². The lowest BCUT2D eigenvalue weighted by Gasteiger charge is -2.06. The maximum atomic E-state index is 8.69. The van der Waals surface area contributed by atoms with Crippen molar-refractivity contribution in [1.29, 1.82) is 0 Å². The molecule has 0 unspecified atom stereocenters. The van der Waals surface area contributed by atoms with E-state index in [0.29, 0.717) is 20.0 Å². The van der Waals surface area contributed by atoms with Gasteiger partial charge in [0.25, 0.3) is 0 Å². The lowest BCUT2D eigenvalue weighted by Crippen LogP contribution is -1.96. The Morgan fingerprint density at radius 3 is 2.32 bits per heavy atom. The maximum Gasteiger partial charge on any atom is 0.231 e. The van der Waals surface area contributed by atoms with E-state index in [0.717, 1.165) is 42.9 Å². The van der Waals surface area contributed by atoms with Gasteiger partial charge in [0, 0.05) is 13.2 Å². The first-order valence-electron chi connectivity index (χ1n) is 8.47. The van der Waals surface area contributed by atoms with E-state index in [1.807, 2.05) is 18.2 Å². The molecule has 1 aromatic carbocycles. The normalized spacial score (nSPS) is 12.8. The van der Waals surface area contributed by atoms with E-state index in [-0.39, 0.29) is 0 Å². The molecule has 1 aliphatic rings. The molecule has 0 saturated heterocycles. The fourth-order valence-electron chi connectivity index (χ4n) is 2.60. The van der Waals surface area contributed by atoms with Crippen molar-refractivity contribution >= 4 is 0 Å². The van der Waals surface area contributed by atoms with Crippen LogP contribution in [0.3, 0.4) is 0 Å². The molecule has 0 radical (unpaired) electrons. The van der Waals surface area contributed by atoms with Crippen LogP contribution < -0.4 is 9.47 Å². The summed E-state index contributed by atoms with van der Waals surface area (Å²) in [6.45, 7) is 2.11. The smallest absolute Gasteiger partial charge is 0.231 e. The van der Waals surface area contributed by atoms with Crippen molar-refractivity contribution in [3.05, 3.63) is 23.8 Å². The van der Waals surface area contributed by atoms with Crippen molar-refractivity contribution in [1.82, 2.24) is 0 Å². The summed E-state index contributed by atoms with van der Waals surface area (Å²) in [6.07, 6.45) is 9.60. The van der Waals surface area contributed by atoms with Gasteiger partial charge in [-0.2, -0.15) is 0 Å². The third-order valence-corrected chi connectivity index (χ3v) is 3.90. The third kappa shape index (κ3) is 6.24. The van der Waals surface area contributed by atoms with Gasteiger partial charge in [-0.15, -0.1) is 0 Å². The van der Waals surface area contributed by atoms with Crippen LogP contribution >= 0.6 is 0 Å². The Kier molecular flexibility index (Phi) is 8.13. The Labute approximate surface area is 133 Å². The number of hydrogen-bond acceptors (Lipinski definition) is 4. The lowest BCUT2D eigenvalue weighted by atomic mass is 10.1. The minimum Gasteiger partial charge on any atom is -0.454 e. The van der Waals surface area contributed by atoms with Crippen molar-refractivity contribution in [3.63, 3.8) is 0 Å². The van der Waals surface area contributed by atoms with Gasteiger partial charge in [0.1, 0.15) is 0 Å². The number of hydrogen-bond donors (Lipinski definition) is 1. The summed E-state index contributed by atoms with van der Waals surface area (Å²) in [5.74, 6) is 1.64. The molecule has 4 nitrogen and oxygen atoms in total. The maximum absolute atomic E-state index is 8.69. The highest BCUT2D eigenvalue weighted by Crippen LogP contribution is 2.32. The number of benzene rings is 1. The SMILES string of the molecule is OCCCCCCCCCCOCc1ccc2c(c1)OCO2. The first-order chi connectivity index (χ1) is 10.9. The summed E-state index contributed by atoms with van der Waals surface area (Å²) in [4.78, 5) is 0. The van der Waals surface area contributed by atoms with Crippen molar-refractivity contribution in [2.24, 2.45) is 0 Å². The molecule has 0 saturated carbocycles. The molecule has 1 heterocycles. The van der Waals surface area contributed by atoms with Crippen molar-refractivity contribution in [3.8, 4) is 11.5 Å². The number of aliphatic hydroxyl groups is 1. The van der Waals surface area contributed by atoms with Gasteiger partial charge in [-0.05, 0) is 30.5 Å². The molecule has 1 N–H and O–H groups in total. The van der Waals surface area contributed by atoms with Crippen LogP contribution in [0.25, 0.3) is 0 Å². The molecule has 2 rings (SSSR count). The quantitative estimate of drug-likeness (QED) is 0.592. The fraction of sp³-hybridized carbons (Fsp3) is 0.667. The summed E-state index contributed by atoms with van der Waals surface area (Å²) in [5.41, 5.74) is 1.13. The molecule has 124 valence electrons. The van der Waals surface area contributed by atoms with Gasteiger partial charge >= 0.3 is 0 Å². The molecule has 0 amide bonds. The average molecular weight is 308 g/mol. The Balaban J connectivity index is 1.43. The van der Waals surface area contributed by atoms with Crippen LogP contribution in [0.1, 0.15) is 56.9 Å². The zero-order valence-corrected chi connectivity index (χ0v) is 13.4. The Morgan fingerprint density at radius 2 is 1.55 bits per heavy atom. The number of ether oxygens (including phenoxy) is 3. The van der Waals surface area contributed by atoms with Gasteiger partial charge in [0.2, 0.25) is 6.79 Å². The highest BCUT2D eigenvalue weighted by atomic mass is 16.7. The molecule has 1 aliphatic heterocycles. The number of fused-ring (bicyclic) bond motifs is 1. The molecule has 0 aromatic heterocycles. The largest absolute Gasteiger partial charge is 0.454 e. The zero-order valence-electron chi connectivity index (χ0n) is 13.4. The molecule has 22 heavy (non-hydrogen) atoms. The fourth-order valence-corrected chi connectivity index (χ4v) is 2.60. The number of rotatable bonds is 12. The summed E-state index contributed by atoms with van der Waals surface area (Å²) >= 11 is 0. The predicted octanol–water partition coefficient (Wildman–Crippen LogP) is 4.05. The topological polar surface area (TPSA) is 47.9 Å². The van der Waals surface area contributed by atoms with E-state index in [4.69, 9.17) is 19.3 Å². The summed E-state index contributed by atoms with van der Waals surface area (Å²) in [6, 6.07) is 5.96. The van der Waals surface area contributed by atoms with E-state index in [2.05, 4.69) is 0 Å². The molecular weight excluding hydrogens is 280 g/mol. The zero-order chi connectivity index (χ0) is 15.5. The second-order valence-electron chi connectivity index (χ2n) is 5.79. The second-order valence-corrected chi connectivity index (χ2v) is 5.79. The molecular formula is C18H28O4. The van der Waals surface area contributed by atoms with E-state index in [9.17, 15) is 0 Å². The van der Waals surface area contributed by atoms with Crippen LogP contribution in [-0.4, -0.2) is 25.1 Å². The van der Waals surface area contributed by atoms with Crippen molar-refractivity contribution in [2.45, 2.75) is 58.0 Å². The minimum atomic E-state index is 0.319. The minimum absolute atomic E-state index is 0.319. The van der Waals surface area contributed by atoms with E-state index in [1.54, 1.807) is 0 Å². The lowest BCUT2D eigenvalue weighted by molar-refractivity contribution is 0.116. The van der Waals surface area contributed by atoms with E-state index in [1.165, 1.54) is 32.1 Å². The second kappa shape index (κ2) is 10.5. The van der Waals surface area contributed by atoms with Crippen LogP contribution in [0.15, 0.2) is 18.2 Å². The summed E-state index contributed by atoms with van der Waals surface area (Å²) in [7, 11) is 0. The number of aliphatic hydroxyl groups excluding tert-OH is 1. The van der Waals surface area contributed by atoms with Crippen LogP contribution in [0.4, 0.5) is 0 Å². The van der Waals surface area contributed by atoms with Crippen LogP contribution in [0.2, 0.25) is 0 Å². The van der Waals surface area contributed by atoms with Gasteiger partial charge in [0.15, 0.2) is 11.5 Å². The van der Waals surface area contributed by atoms with Gasteiger partial charge in [-0.3, -0.25) is 0 Å². The molecule has 0 spiro atoms. The molecule has 4 heteroatoms. The highest BCUT2D eigenvalue weighted by molar-refractivity contribution is 5.44. The Hall–Kier alpha value is -1.26. The number of unbranched alkanes of at least 4 members (excludes halogenated alkanes) is 7. The molecule has 0 bridgehead atoms. The van der Waals surface area contributed by atoms with Gasteiger partial charge in [0.05, 0.1) is 6.61 Å². The summed E-state index contributed by atoms with van der Waals surface area (Å²) in [5, 5.41) is 8.69. The van der Waals surface area contributed by atoms with Crippen LogP contribution in [0, 0.1) is 0 Å². The first kappa shape index (κ1) is 17.1. The Morgan fingerprint density at radius 1 is 0.864 bits per heavy atom. The Bertz CT molecular complexity index is 420. The van der Waals surface area contributed by atoms with Gasteiger partial charge in [-0.25, -0.2) is 0 Å². The molecule has 0 atom stereocenters. The van der Waals surface area contributed by atoms with Gasteiger partial charge < -0.3 is 19.3 Å². The molecule has 1 aromatic rings.